The third-order valence-corrected chi connectivity index (χ3v) is 9.08. The van der Waals surface area contributed by atoms with Gasteiger partial charge in [-0.1, -0.05) is 65.5 Å². The molecule has 0 amide bonds. The van der Waals surface area contributed by atoms with Crippen LogP contribution in [0.15, 0.2) is 48.5 Å². The summed E-state index contributed by atoms with van der Waals surface area (Å²) in [6, 6.07) is 14.4. The first kappa shape index (κ1) is 21.2. The molecule has 2 aromatic carbocycles. The molecule has 3 nitrogen and oxygen atoms in total. The van der Waals surface area contributed by atoms with Gasteiger partial charge in [0, 0.05) is 13.3 Å². The molecule has 0 aliphatic heterocycles. The molecular formula is C20H23F3O3Si. The van der Waals surface area contributed by atoms with E-state index in [4.69, 9.17) is 4.74 Å². The van der Waals surface area contributed by atoms with Gasteiger partial charge in [-0.25, -0.2) is 0 Å². The first-order chi connectivity index (χ1) is 12.6. The van der Waals surface area contributed by atoms with Crippen LogP contribution in [0.3, 0.4) is 0 Å². The zero-order valence-corrected chi connectivity index (χ0v) is 16.3. The lowest BCUT2D eigenvalue weighted by Crippen LogP contribution is -2.56. The highest BCUT2D eigenvalue weighted by molar-refractivity contribution is 7.01. The minimum atomic E-state index is -4.24. The molecule has 27 heavy (non-hydrogen) atoms. The second-order valence-electron chi connectivity index (χ2n) is 6.79. The smallest absolute Gasteiger partial charge is 0.388 e. The van der Waals surface area contributed by atoms with Crippen LogP contribution < -0.4 is 10.4 Å². The molecule has 0 heterocycles. The summed E-state index contributed by atoms with van der Waals surface area (Å²) in [5.74, 6) is -0.409. The summed E-state index contributed by atoms with van der Waals surface area (Å²) in [4.78, 5) is 11.0. The van der Waals surface area contributed by atoms with Gasteiger partial charge in [0.1, 0.15) is 14.7 Å². The fourth-order valence-electron chi connectivity index (χ4n) is 3.05. The van der Waals surface area contributed by atoms with Crippen LogP contribution in [0, 0.1) is 0 Å². The Morgan fingerprint density at radius 3 is 2.15 bits per heavy atom. The lowest BCUT2D eigenvalue weighted by atomic mass is 10.2. The number of rotatable bonds is 7. The van der Waals surface area contributed by atoms with E-state index in [0.29, 0.717) is 5.56 Å². The third-order valence-electron chi connectivity index (χ3n) is 4.66. The zero-order valence-electron chi connectivity index (χ0n) is 15.3. The van der Waals surface area contributed by atoms with Crippen LogP contribution in [-0.4, -0.2) is 25.3 Å². The number of hydrogen-bond donors (Lipinski definition) is 1. The summed E-state index contributed by atoms with van der Waals surface area (Å²) in [6.07, 6.45) is -5.11. The Bertz CT molecular complexity index is 792. The molecule has 2 aromatic rings. The number of carbonyl (C=O) groups is 1. The molecule has 0 spiro atoms. The van der Waals surface area contributed by atoms with Crippen molar-refractivity contribution in [2.24, 2.45) is 0 Å². The molecule has 1 N–H and O–H groups in total. The summed E-state index contributed by atoms with van der Waals surface area (Å²) in [5.41, 5.74) is 1.42. The monoisotopic (exact) mass is 396 g/mol. The van der Waals surface area contributed by atoms with E-state index in [0.717, 1.165) is 15.9 Å². The second kappa shape index (κ2) is 8.71. The van der Waals surface area contributed by atoms with E-state index >= 15 is 0 Å². The molecule has 0 bridgehead atoms. The van der Waals surface area contributed by atoms with Crippen LogP contribution in [0.4, 0.5) is 13.2 Å². The predicted octanol–water partition coefficient (Wildman–Crippen LogP) is 3.39. The van der Waals surface area contributed by atoms with E-state index in [1.807, 2.05) is 24.7 Å². The van der Waals surface area contributed by atoms with Crippen molar-refractivity contribution in [3.8, 4) is 0 Å². The summed E-state index contributed by atoms with van der Waals surface area (Å²) < 4.78 is 43.9. The van der Waals surface area contributed by atoms with Gasteiger partial charge in [-0.05, 0) is 17.2 Å². The van der Waals surface area contributed by atoms with Crippen molar-refractivity contribution >= 4 is 24.4 Å². The molecule has 0 radical (unpaired) electrons. The molecule has 146 valence electrons. The molecule has 0 fully saturated rings. The molecule has 0 aromatic heterocycles. The SMILES string of the molecule is CC(=O)OCc1cccc([Si@@](C)(CCC(F)(F)F)c2cccc(CO)c2)c1. The van der Waals surface area contributed by atoms with Gasteiger partial charge in [0.05, 0.1) is 6.61 Å². The minimum absolute atomic E-state index is 0.00238. The van der Waals surface area contributed by atoms with Gasteiger partial charge in [-0.3, -0.25) is 4.79 Å². The van der Waals surface area contributed by atoms with Gasteiger partial charge >= 0.3 is 12.1 Å². The molecule has 0 aliphatic carbocycles. The average molecular weight is 396 g/mol. The van der Waals surface area contributed by atoms with Gasteiger partial charge in [0.2, 0.25) is 0 Å². The standard InChI is InChI=1S/C20H23F3O3Si/c1-15(25)26-14-17-6-4-8-19(12-17)27(2,10-9-20(21,22)23)18-7-3-5-16(11-18)13-24/h3-8,11-12,24H,9-10,13-14H2,1-2H3/t27-/m0/s1. The highest BCUT2D eigenvalue weighted by atomic mass is 28.3. The lowest BCUT2D eigenvalue weighted by Gasteiger charge is -2.30. The Hall–Kier alpha value is -2.12. The molecular weight excluding hydrogens is 373 g/mol. The van der Waals surface area contributed by atoms with Crippen molar-refractivity contribution in [1.29, 1.82) is 0 Å². The number of esters is 1. The molecule has 7 heteroatoms. The fourth-order valence-corrected chi connectivity index (χ4v) is 6.68. The Balaban J connectivity index is 2.45. The van der Waals surface area contributed by atoms with Crippen molar-refractivity contribution in [3.05, 3.63) is 59.7 Å². The number of hydrogen-bond acceptors (Lipinski definition) is 3. The van der Waals surface area contributed by atoms with Gasteiger partial charge in [-0.15, -0.1) is 0 Å². The predicted molar refractivity (Wildman–Crippen MR) is 101 cm³/mol. The Kier molecular flexibility index (Phi) is 6.83. The van der Waals surface area contributed by atoms with Crippen molar-refractivity contribution in [1.82, 2.24) is 0 Å². The maximum atomic E-state index is 13.0. The van der Waals surface area contributed by atoms with Crippen LogP contribution in [0.2, 0.25) is 12.6 Å². The topological polar surface area (TPSA) is 46.5 Å². The average Bonchev–Trinajstić information content (AvgIpc) is 2.64. The van der Waals surface area contributed by atoms with Crippen molar-refractivity contribution in [3.63, 3.8) is 0 Å². The van der Waals surface area contributed by atoms with Crippen LogP contribution >= 0.6 is 0 Å². The van der Waals surface area contributed by atoms with Gasteiger partial charge in [-0.2, -0.15) is 13.2 Å². The number of carbonyl (C=O) groups excluding carboxylic acids is 1. The van der Waals surface area contributed by atoms with Crippen molar-refractivity contribution < 1.29 is 27.8 Å². The molecule has 0 saturated carbocycles. The van der Waals surface area contributed by atoms with E-state index in [9.17, 15) is 23.1 Å². The number of aliphatic hydroxyl groups excluding tert-OH is 1. The molecule has 2 rings (SSSR count). The number of ether oxygens (including phenoxy) is 1. The maximum absolute atomic E-state index is 13.0. The van der Waals surface area contributed by atoms with E-state index in [-0.39, 0.29) is 19.3 Å². The second-order valence-corrected chi connectivity index (χ2v) is 11.1. The summed E-state index contributed by atoms with van der Waals surface area (Å²) in [6.45, 7) is 3.14. The van der Waals surface area contributed by atoms with Crippen LogP contribution in [0.25, 0.3) is 0 Å². The normalized spacial score (nSPS) is 13.9. The van der Waals surface area contributed by atoms with Crippen molar-refractivity contribution in [2.75, 3.05) is 0 Å². The fraction of sp³-hybridized carbons (Fsp3) is 0.350. The summed E-state index contributed by atoms with van der Waals surface area (Å²) >= 11 is 0. The third kappa shape index (κ3) is 5.94. The minimum Gasteiger partial charge on any atom is -0.461 e. The van der Waals surface area contributed by atoms with Gasteiger partial charge in [0.15, 0.2) is 0 Å². The maximum Gasteiger partial charge on any atom is 0.388 e. The Labute approximate surface area is 157 Å². The highest BCUT2D eigenvalue weighted by Gasteiger charge is 2.37. The summed E-state index contributed by atoms with van der Waals surface area (Å²) in [5, 5.41) is 11.1. The summed E-state index contributed by atoms with van der Waals surface area (Å²) in [7, 11) is -2.72. The number of alkyl halides is 3. The largest absolute Gasteiger partial charge is 0.461 e. The van der Waals surface area contributed by atoms with Gasteiger partial charge < -0.3 is 9.84 Å². The zero-order chi connectivity index (χ0) is 20.1. The number of aliphatic hydroxyl groups is 1. The van der Waals surface area contributed by atoms with E-state index in [1.165, 1.54) is 6.92 Å². The molecule has 0 aliphatic rings. The van der Waals surface area contributed by atoms with Crippen LogP contribution in [0.5, 0.6) is 0 Å². The van der Waals surface area contributed by atoms with E-state index in [2.05, 4.69) is 0 Å². The first-order valence-electron chi connectivity index (χ1n) is 8.64. The quantitative estimate of drug-likeness (QED) is 0.577. The molecule has 0 saturated heterocycles. The lowest BCUT2D eigenvalue weighted by molar-refractivity contribution is -0.142. The Morgan fingerprint density at radius 1 is 1.07 bits per heavy atom. The van der Waals surface area contributed by atoms with Gasteiger partial charge in [0.25, 0.3) is 0 Å². The number of halogens is 3. The highest BCUT2D eigenvalue weighted by Crippen LogP contribution is 2.26. The van der Waals surface area contributed by atoms with Crippen LogP contribution in [-0.2, 0) is 22.7 Å². The van der Waals surface area contributed by atoms with Crippen LogP contribution in [0.1, 0.15) is 24.5 Å². The molecule has 1 atom stereocenters. The van der Waals surface area contributed by atoms with E-state index < -0.39 is 26.6 Å². The first-order valence-corrected chi connectivity index (χ1v) is 11.3. The molecule has 0 unspecified atom stereocenters. The van der Waals surface area contributed by atoms with E-state index in [1.54, 1.807) is 30.3 Å². The van der Waals surface area contributed by atoms with Crippen molar-refractivity contribution in [2.45, 2.75) is 45.3 Å². The number of benzene rings is 2. The Morgan fingerprint density at radius 2 is 1.63 bits per heavy atom.